The molecule has 0 atom stereocenters. The van der Waals surface area contributed by atoms with Gasteiger partial charge >= 0.3 is 14.8 Å². The van der Waals surface area contributed by atoms with Crippen molar-refractivity contribution in [3.8, 4) is 0 Å². The van der Waals surface area contributed by atoms with Crippen LogP contribution in [0.2, 0.25) is 6.04 Å². The average molecular weight is 320 g/mol. The van der Waals surface area contributed by atoms with Crippen molar-refractivity contribution in [2.24, 2.45) is 0 Å². The second-order valence-corrected chi connectivity index (χ2v) is 7.88. The van der Waals surface area contributed by atoms with Gasteiger partial charge in [-0.15, -0.1) is 0 Å². The SMILES string of the molecule is CC(C)(I)C(=O)OCC[Si](O)(O)O. The summed E-state index contributed by atoms with van der Waals surface area (Å²) in [5, 5.41) is 0. The Kier molecular flexibility index (Phi) is 4.79. The third-order valence-corrected chi connectivity index (χ3v) is 2.47. The molecular weight excluding hydrogens is 307 g/mol. The summed E-state index contributed by atoms with van der Waals surface area (Å²) in [6.45, 7) is 3.19. The molecule has 0 fully saturated rings. The smallest absolute Gasteiger partial charge is 0.465 e. The van der Waals surface area contributed by atoms with Crippen molar-refractivity contribution in [2.45, 2.75) is 23.3 Å². The Labute approximate surface area is 91.2 Å². The number of hydrogen-bond acceptors (Lipinski definition) is 5. The van der Waals surface area contributed by atoms with Gasteiger partial charge < -0.3 is 19.1 Å². The maximum atomic E-state index is 11.1. The molecule has 0 aromatic rings. The Morgan fingerprint density at radius 2 is 1.92 bits per heavy atom. The molecule has 0 saturated carbocycles. The second-order valence-electron chi connectivity index (χ2n) is 3.13. The second kappa shape index (κ2) is 4.69. The minimum Gasteiger partial charge on any atom is -0.465 e. The van der Waals surface area contributed by atoms with Crippen molar-refractivity contribution in [3.05, 3.63) is 0 Å². The van der Waals surface area contributed by atoms with Crippen LogP contribution in [-0.4, -0.2) is 39.2 Å². The Hall–Kier alpha value is 0.297. The standard InChI is InChI=1S/C6H13IO5Si/c1-6(2,7)5(8)12-3-4-13(9,10)11/h9-11H,3-4H2,1-2H3. The molecule has 5 nitrogen and oxygen atoms in total. The highest BCUT2D eigenvalue weighted by Crippen LogP contribution is 2.18. The third-order valence-electron chi connectivity index (χ3n) is 1.16. The summed E-state index contributed by atoms with van der Waals surface area (Å²) in [6.07, 6.45) is 0. The molecule has 0 saturated heterocycles. The zero-order valence-electron chi connectivity index (χ0n) is 7.45. The van der Waals surface area contributed by atoms with Gasteiger partial charge in [-0.05, 0) is 13.8 Å². The molecule has 0 heterocycles. The fourth-order valence-electron chi connectivity index (χ4n) is 0.452. The zero-order valence-corrected chi connectivity index (χ0v) is 10.6. The minimum absolute atomic E-state index is 0.166. The van der Waals surface area contributed by atoms with E-state index in [9.17, 15) is 4.79 Å². The summed E-state index contributed by atoms with van der Waals surface area (Å²) in [4.78, 5) is 36.9. The summed E-state index contributed by atoms with van der Waals surface area (Å²) in [5.41, 5.74) is 0. The van der Waals surface area contributed by atoms with Gasteiger partial charge in [0, 0.05) is 0 Å². The van der Waals surface area contributed by atoms with Gasteiger partial charge in [-0.2, -0.15) is 0 Å². The van der Waals surface area contributed by atoms with E-state index in [1.807, 2.05) is 22.6 Å². The molecule has 13 heavy (non-hydrogen) atoms. The lowest BCUT2D eigenvalue weighted by Gasteiger charge is -2.15. The maximum Gasteiger partial charge on any atom is 0.496 e. The van der Waals surface area contributed by atoms with Crippen LogP contribution in [-0.2, 0) is 9.53 Å². The van der Waals surface area contributed by atoms with Crippen molar-refractivity contribution < 1.29 is 23.9 Å². The van der Waals surface area contributed by atoms with E-state index in [0.717, 1.165) is 0 Å². The van der Waals surface area contributed by atoms with E-state index in [-0.39, 0.29) is 12.7 Å². The van der Waals surface area contributed by atoms with E-state index in [2.05, 4.69) is 0 Å². The molecule has 78 valence electrons. The summed E-state index contributed by atoms with van der Waals surface area (Å²) in [5.74, 6) is -0.439. The maximum absolute atomic E-state index is 11.1. The molecular formula is C6H13IO5Si. The van der Waals surface area contributed by atoms with E-state index in [4.69, 9.17) is 19.1 Å². The molecule has 0 aliphatic rings. The van der Waals surface area contributed by atoms with Crippen molar-refractivity contribution in [3.63, 3.8) is 0 Å². The van der Waals surface area contributed by atoms with E-state index in [1.54, 1.807) is 13.8 Å². The van der Waals surface area contributed by atoms with E-state index in [1.165, 1.54) is 0 Å². The highest BCUT2D eigenvalue weighted by Gasteiger charge is 2.29. The van der Waals surface area contributed by atoms with Gasteiger partial charge in [0.15, 0.2) is 0 Å². The molecule has 0 aromatic carbocycles. The number of halogens is 1. The lowest BCUT2D eigenvalue weighted by Crippen LogP contribution is -2.37. The highest BCUT2D eigenvalue weighted by molar-refractivity contribution is 14.1. The quantitative estimate of drug-likeness (QED) is 0.285. The van der Waals surface area contributed by atoms with Crippen LogP contribution < -0.4 is 0 Å². The number of hydrogen-bond donors (Lipinski definition) is 3. The number of rotatable bonds is 4. The summed E-state index contributed by atoms with van der Waals surface area (Å²) >= 11 is 1.91. The molecule has 0 bridgehead atoms. The van der Waals surface area contributed by atoms with Gasteiger partial charge in [0.05, 0.1) is 12.7 Å². The fourth-order valence-corrected chi connectivity index (χ4v) is 0.984. The molecule has 0 spiro atoms. The van der Waals surface area contributed by atoms with Gasteiger partial charge in [-0.3, -0.25) is 4.79 Å². The van der Waals surface area contributed by atoms with E-state index in [0.29, 0.717) is 0 Å². The summed E-state index contributed by atoms with van der Waals surface area (Å²) in [7, 11) is -4.06. The van der Waals surface area contributed by atoms with Crippen molar-refractivity contribution in [1.29, 1.82) is 0 Å². The predicted octanol–water partition coefficient (Wildman–Crippen LogP) is -0.341. The van der Waals surface area contributed by atoms with Gasteiger partial charge in [-0.1, -0.05) is 22.6 Å². The Balaban J connectivity index is 3.74. The topological polar surface area (TPSA) is 87.0 Å². The Morgan fingerprint density at radius 3 is 2.23 bits per heavy atom. The monoisotopic (exact) mass is 320 g/mol. The number of ether oxygens (including phenoxy) is 1. The number of carbonyl (C=O) groups excluding carboxylic acids is 1. The van der Waals surface area contributed by atoms with Gasteiger partial charge in [0.1, 0.15) is 3.42 Å². The third kappa shape index (κ3) is 7.37. The first kappa shape index (κ1) is 13.3. The first-order valence-electron chi connectivity index (χ1n) is 3.66. The fraction of sp³-hybridized carbons (Fsp3) is 0.833. The van der Waals surface area contributed by atoms with Crippen LogP contribution in [0.4, 0.5) is 0 Å². The Bertz CT molecular complexity index is 182. The molecule has 0 amide bonds. The van der Waals surface area contributed by atoms with Gasteiger partial charge in [-0.25, -0.2) is 0 Å². The summed E-state index contributed by atoms with van der Waals surface area (Å²) in [6, 6.07) is -0.286. The molecule has 0 aromatic heterocycles. The van der Waals surface area contributed by atoms with Gasteiger partial charge in [0.25, 0.3) is 0 Å². The zero-order chi connectivity index (χ0) is 10.7. The first-order valence-corrected chi connectivity index (χ1v) is 6.79. The lowest BCUT2D eigenvalue weighted by molar-refractivity contribution is -0.144. The molecule has 7 heteroatoms. The highest BCUT2D eigenvalue weighted by atomic mass is 127. The van der Waals surface area contributed by atoms with Crippen molar-refractivity contribution >= 4 is 37.4 Å². The predicted molar refractivity (Wildman–Crippen MR) is 56.3 cm³/mol. The molecule has 0 radical (unpaired) electrons. The first-order chi connectivity index (χ1) is 5.63. The van der Waals surface area contributed by atoms with E-state index < -0.39 is 18.2 Å². The Morgan fingerprint density at radius 1 is 1.46 bits per heavy atom. The normalized spacial score (nSPS) is 12.8. The van der Waals surface area contributed by atoms with Crippen LogP contribution in [0.25, 0.3) is 0 Å². The minimum atomic E-state index is -4.06. The average Bonchev–Trinajstić information content (AvgIpc) is 1.82. The van der Waals surface area contributed by atoms with Crippen LogP contribution >= 0.6 is 22.6 Å². The van der Waals surface area contributed by atoms with Crippen LogP contribution in [0.1, 0.15) is 13.8 Å². The molecule has 0 unspecified atom stereocenters. The van der Waals surface area contributed by atoms with Crippen LogP contribution in [0.15, 0.2) is 0 Å². The van der Waals surface area contributed by atoms with Crippen molar-refractivity contribution in [2.75, 3.05) is 6.61 Å². The molecule has 0 rings (SSSR count). The van der Waals surface area contributed by atoms with Crippen molar-refractivity contribution in [1.82, 2.24) is 0 Å². The van der Waals surface area contributed by atoms with Gasteiger partial charge in [0.2, 0.25) is 0 Å². The van der Waals surface area contributed by atoms with Crippen LogP contribution in [0.5, 0.6) is 0 Å². The van der Waals surface area contributed by atoms with Crippen LogP contribution in [0.3, 0.4) is 0 Å². The molecule has 0 aliphatic heterocycles. The summed E-state index contributed by atoms with van der Waals surface area (Å²) < 4.78 is 4.05. The largest absolute Gasteiger partial charge is 0.496 e. The molecule has 0 aliphatic carbocycles. The number of esters is 1. The number of alkyl halides is 1. The van der Waals surface area contributed by atoms with Crippen LogP contribution in [0, 0.1) is 0 Å². The number of carbonyl (C=O) groups is 1. The lowest BCUT2D eigenvalue weighted by atomic mass is 10.2. The van der Waals surface area contributed by atoms with E-state index >= 15 is 0 Å². The molecule has 3 N–H and O–H groups in total.